The average Bonchev–Trinajstić information content (AvgIpc) is 2.13. The van der Waals surface area contributed by atoms with Crippen molar-refractivity contribution in [2.75, 3.05) is 0 Å². The van der Waals surface area contributed by atoms with Gasteiger partial charge in [-0.25, -0.2) is 0 Å². The van der Waals surface area contributed by atoms with Crippen LogP contribution in [0.1, 0.15) is 47.0 Å². The second-order valence-electron chi connectivity index (χ2n) is 3.69. The molecule has 0 aromatic heterocycles. The van der Waals surface area contributed by atoms with Gasteiger partial charge in [0.2, 0.25) is 0 Å². The van der Waals surface area contributed by atoms with Gasteiger partial charge < -0.3 is 0 Å². The molecule has 74 valence electrons. The summed E-state index contributed by atoms with van der Waals surface area (Å²) in [5.74, 6) is 0. The Morgan fingerprint density at radius 3 is 2.15 bits per heavy atom. The van der Waals surface area contributed by atoms with Crippen LogP contribution in [-0.2, 0) is 0 Å². The molecule has 13 heavy (non-hydrogen) atoms. The quantitative estimate of drug-likeness (QED) is 0.538. The summed E-state index contributed by atoms with van der Waals surface area (Å²) in [6.45, 7) is 12.5. The van der Waals surface area contributed by atoms with Crippen molar-refractivity contribution in [2.24, 2.45) is 0 Å². The highest BCUT2D eigenvalue weighted by atomic mass is 14.0. The molecule has 0 heteroatoms. The topological polar surface area (TPSA) is 0 Å². The van der Waals surface area contributed by atoms with Crippen molar-refractivity contribution >= 4 is 0 Å². The fourth-order valence-electron chi connectivity index (χ4n) is 1.13. The zero-order valence-corrected chi connectivity index (χ0v) is 9.48. The molecule has 0 aliphatic heterocycles. The summed E-state index contributed by atoms with van der Waals surface area (Å²) in [6, 6.07) is 0. The van der Waals surface area contributed by atoms with Gasteiger partial charge in [-0.05, 0) is 47.0 Å². The van der Waals surface area contributed by atoms with Gasteiger partial charge in [-0.15, -0.1) is 6.58 Å². The fourth-order valence-corrected chi connectivity index (χ4v) is 1.13. The molecule has 0 spiro atoms. The highest BCUT2D eigenvalue weighted by molar-refractivity contribution is 5.14. The largest absolute Gasteiger partial charge is 0.103 e. The Labute approximate surface area is 83.0 Å². The first-order valence-corrected chi connectivity index (χ1v) is 4.99. The lowest BCUT2D eigenvalue weighted by Crippen LogP contribution is -1.85. The summed E-state index contributed by atoms with van der Waals surface area (Å²) in [5.41, 5.74) is 4.46. The minimum atomic E-state index is 1.03. The van der Waals surface area contributed by atoms with E-state index in [-0.39, 0.29) is 0 Å². The summed E-state index contributed by atoms with van der Waals surface area (Å²) >= 11 is 0. The predicted octanol–water partition coefficient (Wildman–Crippen LogP) is 4.65. The van der Waals surface area contributed by atoms with Crippen LogP contribution >= 0.6 is 0 Å². The Morgan fingerprint density at radius 2 is 1.69 bits per heavy atom. The normalized spacial score (nSPS) is 14.0. The lowest BCUT2D eigenvalue weighted by molar-refractivity contribution is 0.897. The van der Waals surface area contributed by atoms with Gasteiger partial charge in [0, 0.05) is 0 Å². The van der Waals surface area contributed by atoms with E-state index in [1.165, 1.54) is 29.6 Å². The van der Waals surface area contributed by atoms with E-state index in [9.17, 15) is 0 Å². The average molecular weight is 178 g/mol. The van der Waals surface area contributed by atoms with Gasteiger partial charge in [0.15, 0.2) is 0 Å². The maximum absolute atomic E-state index is 3.75. The lowest BCUT2D eigenvalue weighted by atomic mass is 10.0. The van der Waals surface area contributed by atoms with Crippen molar-refractivity contribution in [3.63, 3.8) is 0 Å². The van der Waals surface area contributed by atoms with Gasteiger partial charge >= 0.3 is 0 Å². The molecule has 0 radical (unpaired) electrons. The van der Waals surface area contributed by atoms with Crippen LogP contribution in [0.25, 0.3) is 0 Å². The number of hydrogen-bond donors (Lipinski definition) is 0. The van der Waals surface area contributed by atoms with Crippen LogP contribution in [0.3, 0.4) is 0 Å². The van der Waals surface area contributed by atoms with Crippen molar-refractivity contribution in [1.29, 1.82) is 0 Å². The molecule has 0 nitrogen and oxygen atoms in total. The first-order chi connectivity index (χ1) is 6.11. The molecular formula is C13H22. The third-order valence-corrected chi connectivity index (χ3v) is 2.57. The maximum atomic E-state index is 3.75. The van der Waals surface area contributed by atoms with E-state index in [1.807, 2.05) is 6.08 Å². The molecule has 0 heterocycles. The molecule has 0 bridgehead atoms. The summed E-state index contributed by atoms with van der Waals surface area (Å²) < 4.78 is 0. The van der Waals surface area contributed by atoms with E-state index in [2.05, 4.69) is 40.3 Å². The second-order valence-corrected chi connectivity index (χ2v) is 3.69. The van der Waals surface area contributed by atoms with Gasteiger partial charge in [0.05, 0.1) is 0 Å². The predicted molar refractivity (Wildman–Crippen MR) is 61.9 cm³/mol. The third kappa shape index (κ3) is 5.46. The molecule has 0 aliphatic carbocycles. The molecule has 0 saturated heterocycles. The van der Waals surface area contributed by atoms with Crippen LogP contribution in [0.5, 0.6) is 0 Å². The van der Waals surface area contributed by atoms with Crippen molar-refractivity contribution in [2.45, 2.75) is 47.0 Å². The SMILES string of the molecule is C=CC/C(C)=C(/C)CCC(C)=CC. The van der Waals surface area contributed by atoms with Crippen molar-refractivity contribution in [3.8, 4) is 0 Å². The van der Waals surface area contributed by atoms with Crippen LogP contribution in [0.4, 0.5) is 0 Å². The van der Waals surface area contributed by atoms with Gasteiger partial charge in [0.1, 0.15) is 0 Å². The third-order valence-electron chi connectivity index (χ3n) is 2.57. The molecule has 0 aliphatic rings. The van der Waals surface area contributed by atoms with Gasteiger partial charge in [-0.2, -0.15) is 0 Å². The molecule has 0 atom stereocenters. The standard InChI is InChI=1S/C13H22/c1-6-8-12(4)13(5)10-9-11(3)7-2/h6-7H,1,8-10H2,2-5H3/b11-7?,13-12-. The number of rotatable bonds is 5. The molecule has 0 saturated carbocycles. The lowest BCUT2D eigenvalue weighted by Gasteiger charge is -2.05. The Hall–Kier alpha value is -0.780. The molecule has 0 fully saturated rings. The summed E-state index contributed by atoms with van der Waals surface area (Å²) in [4.78, 5) is 0. The Kier molecular flexibility index (Phi) is 6.30. The van der Waals surface area contributed by atoms with Crippen LogP contribution in [-0.4, -0.2) is 0 Å². The second kappa shape index (κ2) is 6.71. The van der Waals surface area contributed by atoms with Crippen molar-refractivity contribution in [1.82, 2.24) is 0 Å². The Balaban J connectivity index is 4.05. The zero-order chi connectivity index (χ0) is 10.3. The molecule has 0 amide bonds. The molecule has 0 aromatic rings. The van der Waals surface area contributed by atoms with Crippen molar-refractivity contribution in [3.05, 3.63) is 35.5 Å². The highest BCUT2D eigenvalue weighted by Gasteiger charge is 1.96. The van der Waals surface area contributed by atoms with Crippen LogP contribution in [0.2, 0.25) is 0 Å². The monoisotopic (exact) mass is 178 g/mol. The first kappa shape index (κ1) is 12.2. The zero-order valence-electron chi connectivity index (χ0n) is 9.48. The first-order valence-electron chi connectivity index (χ1n) is 4.99. The number of allylic oxidation sites excluding steroid dienone is 5. The molecule has 0 rings (SSSR count). The highest BCUT2D eigenvalue weighted by Crippen LogP contribution is 2.16. The Bertz CT molecular complexity index is 216. The van der Waals surface area contributed by atoms with Crippen molar-refractivity contribution < 1.29 is 0 Å². The summed E-state index contributed by atoms with van der Waals surface area (Å²) in [7, 11) is 0. The molecule has 0 N–H and O–H groups in total. The van der Waals surface area contributed by atoms with E-state index in [1.54, 1.807) is 0 Å². The molecule has 0 aromatic carbocycles. The number of hydrogen-bond acceptors (Lipinski definition) is 0. The molecule has 0 unspecified atom stereocenters. The van der Waals surface area contributed by atoms with Gasteiger partial charge in [0.25, 0.3) is 0 Å². The van der Waals surface area contributed by atoms with Crippen LogP contribution in [0, 0.1) is 0 Å². The van der Waals surface area contributed by atoms with E-state index in [4.69, 9.17) is 0 Å². The summed E-state index contributed by atoms with van der Waals surface area (Å²) in [6.07, 6.45) is 7.57. The van der Waals surface area contributed by atoms with E-state index in [0.717, 1.165) is 6.42 Å². The maximum Gasteiger partial charge on any atom is -0.0142 e. The van der Waals surface area contributed by atoms with E-state index in [0.29, 0.717) is 0 Å². The van der Waals surface area contributed by atoms with Crippen LogP contribution < -0.4 is 0 Å². The van der Waals surface area contributed by atoms with Crippen LogP contribution in [0.15, 0.2) is 35.5 Å². The van der Waals surface area contributed by atoms with E-state index < -0.39 is 0 Å². The minimum absolute atomic E-state index is 1.03. The van der Waals surface area contributed by atoms with E-state index >= 15 is 0 Å². The smallest absolute Gasteiger partial charge is 0.0142 e. The molecular weight excluding hydrogens is 156 g/mol. The Morgan fingerprint density at radius 1 is 1.08 bits per heavy atom. The van der Waals surface area contributed by atoms with Gasteiger partial charge in [-0.3, -0.25) is 0 Å². The van der Waals surface area contributed by atoms with Gasteiger partial charge in [-0.1, -0.05) is 28.9 Å². The fraction of sp³-hybridized carbons (Fsp3) is 0.538. The summed E-state index contributed by atoms with van der Waals surface area (Å²) in [5, 5.41) is 0. The minimum Gasteiger partial charge on any atom is -0.103 e.